The van der Waals surface area contributed by atoms with Crippen LogP contribution in [0, 0.1) is 5.41 Å². The predicted molar refractivity (Wildman–Crippen MR) is 71.9 cm³/mol. The normalized spacial score (nSPS) is 27.8. The van der Waals surface area contributed by atoms with E-state index in [0.717, 1.165) is 19.3 Å². The van der Waals surface area contributed by atoms with Crippen LogP contribution in [0.4, 0.5) is 0 Å². The van der Waals surface area contributed by atoms with Gasteiger partial charge < -0.3 is 9.64 Å². The Balaban J connectivity index is 0.000000509. The van der Waals surface area contributed by atoms with E-state index in [0.29, 0.717) is 5.41 Å². The fourth-order valence-corrected chi connectivity index (χ4v) is 2.70. The molecule has 0 aromatic heterocycles. The first kappa shape index (κ1) is 15.9. The van der Waals surface area contributed by atoms with E-state index >= 15 is 0 Å². The predicted octanol–water partition coefficient (Wildman–Crippen LogP) is 3.56. The highest BCUT2D eigenvalue weighted by Crippen LogP contribution is 2.41. The standard InChI is InChI=1S/C10H19NO.2C2H6/c1-9-7-10(8-11(9)2)3-5-12-6-4-10;2*1-2/h9H,3-8H2,1-2H3;2*1-2H3. The molecule has 2 fully saturated rings. The Morgan fingerprint density at radius 1 is 1.06 bits per heavy atom. The Labute approximate surface area is 102 Å². The Morgan fingerprint density at radius 3 is 1.94 bits per heavy atom. The van der Waals surface area contributed by atoms with Crippen LogP contribution in [-0.4, -0.2) is 37.7 Å². The van der Waals surface area contributed by atoms with Crippen LogP contribution in [0.25, 0.3) is 0 Å². The smallest absolute Gasteiger partial charge is 0.0471 e. The molecule has 2 rings (SSSR count). The highest BCUT2D eigenvalue weighted by Gasteiger charge is 2.41. The van der Waals surface area contributed by atoms with Crippen LogP contribution >= 0.6 is 0 Å². The Kier molecular flexibility index (Phi) is 8.04. The Bertz CT molecular complexity index is 152. The molecule has 0 N–H and O–H groups in total. The van der Waals surface area contributed by atoms with Crippen LogP contribution in [0.5, 0.6) is 0 Å². The molecule has 2 nitrogen and oxygen atoms in total. The second-order valence-corrected chi connectivity index (χ2v) is 4.58. The summed E-state index contributed by atoms with van der Waals surface area (Å²) in [5.74, 6) is 0. The van der Waals surface area contributed by atoms with E-state index in [-0.39, 0.29) is 0 Å². The second kappa shape index (κ2) is 8.08. The minimum absolute atomic E-state index is 0.617. The van der Waals surface area contributed by atoms with Gasteiger partial charge in [0.1, 0.15) is 0 Å². The summed E-state index contributed by atoms with van der Waals surface area (Å²) in [5.41, 5.74) is 0.617. The molecule has 1 spiro atoms. The quantitative estimate of drug-likeness (QED) is 0.630. The number of ether oxygens (including phenoxy) is 1. The molecule has 2 aliphatic heterocycles. The van der Waals surface area contributed by atoms with Crippen molar-refractivity contribution in [1.82, 2.24) is 4.90 Å². The molecule has 98 valence electrons. The van der Waals surface area contributed by atoms with E-state index in [2.05, 4.69) is 18.9 Å². The lowest BCUT2D eigenvalue weighted by atomic mass is 9.78. The average molecular weight is 229 g/mol. The average Bonchev–Trinajstić information content (AvgIpc) is 2.60. The van der Waals surface area contributed by atoms with Crippen LogP contribution in [0.15, 0.2) is 0 Å². The van der Waals surface area contributed by atoms with Crippen molar-refractivity contribution in [2.45, 2.75) is 59.9 Å². The second-order valence-electron chi connectivity index (χ2n) is 4.58. The third-order valence-corrected chi connectivity index (χ3v) is 3.62. The van der Waals surface area contributed by atoms with E-state index < -0.39 is 0 Å². The van der Waals surface area contributed by atoms with Gasteiger partial charge in [-0.15, -0.1) is 0 Å². The largest absolute Gasteiger partial charge is 0.381 e. The van der Waals surface area contributed by atoms with Gasteiger partial charge in [0.15, 0.2) is 0 Å². The van der Waals surface area contributed by atoms with Gasteiger partial charge >= 0.3 is 0 Å². The summed E-state index contributed by atoms with van der Waals surface area (Å²) in [6, 6.07) is 0.781. The minimum atomic E-state index is 0.617. The fraction of sp³-hybridized carbons (Fsp3) is 1.00. The van der Waals surface area contributed by atoms with Crippen molar-refractivity contribution >= 4 is 0 Å². The molecular weight excluding hydrogens is 198 g/mol. The van der Waals surface area contributed by atoms with Crippen LogP contribution < -0.4 is 0 Å². The first-order valence-electron chi connectivity index (χ1n) is 7.00. The topological polar surface area (TPSA) is 12.5 Å². The van der Waals surface area contributed by atoms with E-state index in [9.17, 15) is 0 Å². The number of nitrogens with zero attached hydrogens (tertiary/aromatic N) is 1. The molecule has 2 saturated heterocycles. The van der Waals surface area contributed by atoms with Crippen LogP contribution in [0.3, 0.4) is 0 Å². The number of rotatable bonds is 0. The molecule has 0 aliphatic carbocycles. The molecule has 0 aromatic rings. The lowest BCUT2D eigenvalue weighted by Gasteiger charge is -2.32. The Hall–Kier alpha value is -0.0800. The molecule has 0 amide bonds. The molecule has 1 unspecified atom stereocenters. The molecule has 16 heavy (non-hydrogen) atoms. The zero-order valence-electron chi connectivity index (χ0n) is 12.2. The van der Waals surface area contributed by atoms with Gasteiger partial charge in [0, 0.05) is 25.8 Å². The SMILES string of the molecule is CC.CC.CC1CC2(CCOCC2)CN1C. The fourth-order valence-electron chi connectivity index (χ4n) is 2.70. The van der Waals surface area contributed by atoms with Crippen LogP contribution in [-0.2, 0) is 4.74 Å². The highest BCUT2D eigenvalue weighted by atomic mass is 16.5. The molecule has 0 aromatic carbocycles. The maximum absolute atomic E-state index is 5.41. The molecule has 2 heteroatoms. The van der Waals surface area contributed by atoms with Gasteiger partial charge in [0.2, 0.25) is 0 Å². The lowest BCUT2D eigenvalue weighted by molar-refractivity contribution is 0.0203. The van der Waals surface area contributed by atoms with E-state index in [4.69, 9.17) is 4.74 Å². The number of hydrogen-bond donors (Lipinski definition) is 0. The summed E-state index contributed by atoms with van der Waals surface area (Å²) in [6.07, 6.45) is 3.94. The zero-order chi connectivity index (χ0) is 12.6. The molecule has 0 bridgehead atoms. The summed E-state index contributed by atoms with van der Waals surface area (Å²) < 4.78 is 5.41. The maximum atomic E-state index is 5.41. The molecule has 1 atom stereocenters. The van der Waals surface area contributed by atoms with Crippen LogP contribution in [0.1, 0.15) is 53.9 Å². The molecular formula is C14H31NO. The monoisotopic (exact) mass is 229 g/mol. The summed E-state index contributed by atoms with van der Waals surface area (Å²) >= 11 is 0. The summed E-state index contributed by atoms with van der Waals surface area (Å²) in [6.45, 7) is 13.6. The van der Waals surface area contributed by atoms with Gasteiger partial charge in [-0.05, 0) is 38.6 Å². The third-order valence-electron chi connectivity index (χ3n) is 3.62. The van der Waals surface area contributed by atoms with Crippen molar-refractivity contribution in [1.29, 1.82) is 0 Å². The third kappa shape index (κ3) is 4.06. The van der Waals surface area contributed by atoms with Crippen molar-refractivity contribution in [3.8, 4) is 0 Å². The Morgan fingerprint density at radius 2 is 1.56 bits per heavy atom. The van der Waals surface area contributed by atoms with E-state index in [1.807, 2.05) is 27.7 Å². The van der Waals surface area contributed by atoms with E-state index in [1.54, 1.807) is 0 Å². The minimum Gasteiger partial charge on any atom is -0.381 e. The molecule has 2 aliphatic rings. The zero-order valence-corrected chi connectivity index (χ0v) is 12.2. The van der Waals surface area contributed by atoms with Gasteiger partial charge in [-0.25, -0.2) is 0 Å². The maximum Gasteiger partial charge on any atom is 0.0471 e. The van der Waals surface area contributed by atoms with Crippen LogP contribution in [0.2, 0.25) is 0 Å². The van der Waals surface area contributed by atoms with Gasteiger partial charge in [-0.1, -0.05) is 27.7 Å². The molecule has 0 radical (unpaired) electrons. The van der Waals surface area contributed by atoms with Crippen molar-refractivity contribution in [2.75, 3.05) is 26.8 Å². The summed E-state index contributed by atoms with van der Waals surface area (Å²) in [5, 5.41) is 0. The van der Waals surface area contributed by atoms with Gasteiger partial charge in [0.05, 0.1) is 0 Å². The van der Waals surface area contributed by atoms with Gasteiger partial charge in [0.25, 0.3) is 0 Å². The van der Waals surface area contributed by atoms with Crippen molar-refractivity contribution in [3.05, 3.63) is 0 Å². The first-order chi connectivity index (χ1) is 7.72. The van der Waals surface area contributed by atoms with Crippen molar-refractivity contribution < 1.29 is 4.74 Å². The summed E-state index contributed by atoms with van der Waals surface area (Å²) in [4.78, 5) is 2.49. The van der Waals surface area contributed by atoms with Gasteiger partial charge in [-0.3, -0.25) is 0 Å². The summed E-state index contributed by atoms with van der Waals surface area (Å²) in [7, 11) is 2.24. The lowest BCUT2D eigenvalue weighted by Crippen LogP contribution is -2.31. The van der Waals surface area contributed by atoms with Crippen molar-refractivity contribution in [3.63, 3.8) is 0 Å². The first-order valence-corrected chi connectivity index (χ1v) is 7.00. The number of hydrogen-bond acceptors (Lipinski definition) is 2. The van der Waals surface area contributed by atoms with Crippen molar-refractivity contribution in [2.24, 2.45) is 5.41 Å². The number of likely N-dealkylation sites (tertiary alicyclic amines) is 1. The highest BCUT2D eigenvalue weighted by molar-refractivity contribution is 4.93. The molecule has 2 heterocycles. The molecule has 0 saturated carbocycles. The van der Waals surface area contributed by atoms with E-state index in [1.165, 1.54) is 25.8 Å². The van der Waals surface area contributed by atoms with Gasteiger partial charge in [-0.2, -0.15) is 0 Å².